The highest BCUT2D eigenvalue weighted by molar-refractivity contribution is 5.76. The Kier molecular flexibility index (Phi) is 8.38. The summed E-state index contributed by atoms with van der Waals surface area (Å²) in [4.78, 5) is 11.6. The molecule has 2 unspecified atom stereocenters. The van der Waals surface area contributed by atoms with Crippen LogP contribution in [0, 0.1) is 5.92 Å². The van der Waals surface area contributed by atoms with Gasteiger partial charge in [0.1, 0.15) is 0 Å². The van der Waals surface area contributed by atoms with Gasteiger partial charge >= 0.3 is 0 Å². The first-order chi connectivity index (χ1) is 7.13. The Labute approximate surface area is 93.8 Å². The Hall–Kier alpha value is -0.570. The first kappa shape index (κ1) is 14.4. The Balaban J connectivity index is 3.79. The van der Waals surface area contributed by atoms with E-state index in [4.69, 9.17) is 5.73 Å². The van der Waals surface area contributed by atoms with E-state index < -0.39 is 0 Å². The second kappa shape index (κ2) is 8.72. The lowest BCUT2D eigenvalue weighted by Crippen LogP contribution is -2.40. The van der Waals surface area contributed by atoms with Gasteiger partial charge in [-0.05, 0) is 12.3 Å². The zero-order chi connectivity index (χ0) is 11.7. The smallest absolute Gasteiger partial charge is 0.220 e. The molecule has 2 atom stereocenters. The van der Waals surface area contributed by atoms with Gasteiger partial charge in [-0.25, -0.2) is 0 Å². The lowest BCUT2D eigenvalue weighted by atomic mass is 10.0. The van der Waals surface area contributed by atoms with Gasteiger partial charge in [0.05, 0.1) is 0 Å². The minimum atomic E-state index is 0.149. The molecule has 0 aliphatic rings. The van der Waals surface area contributed by atoms with Gasteiger partial charge in [0.25, 0.3) is 0 Å². The molecule has 0 aromatic heterocycles. The molecule has 0 heterocycles. The summed E-state index contributed by atoms with van der Waals surface area (Å²) < 4.78 is 0. The average molecular weight is 214 g/mol. The summed E-state index contributed by atoms with van der Waals surface area (Å²) in [7, 11) is 0. The van der Waals surface area contributed by atoms with Crippen LogP contribution in [0.1, 0.15) is 52.9 Å². The van der Waals surface area contributed by atoms with Crippen molar-refractivity contribution in [2.75, 3.05) is 6.54 Å². The minimum absolute atomic E-state index is 0.149. The molecule has 0 spiro atoms. The fourth-order valence-electron chi connectivity index (χ4n) is 1.45. The first-order valence-electron chi connectivity index (χ1n) is 6.13. The number of hydrogen-bond donors (Lipinski definition) is 2. The van der Waals surface area contributed by atoms with Crippen molar-refractivity contribution in [1.29, 1.82) is 0 Å². The molecule has 3 nitrogen and oxygen atoms in total. The van der Waals surface area contributed by atoms with Crippen molar-refractivity contribution in [3.05, 3.63) is 0 Å². The monoisotopic (exact) mass is 214 g/mol. The zero-order valence-electron chi connectivity index (χ0n) is 10.4. The van der Waals surface area contributed by atoms with E-state index in [-0.39, 0.29) is 11.9 Å². The molecule has 3 heteroatoms. The SMILES string of the molecule is CCCCC(CN)NC(=O)CC(C)CC. The molecule has 0 radical (unpaired) electrons. The molecule has 0 aromatic carbocycles. The molecule has 0 saturated heterocycles. The van der Waals surface area contributed by atoms with Gasteiger partial charge < -0.3 is 11.1 Å². The van der Waals surface area contributed by atoms with Crippen LogP contribution in [-0.4, -0.2) is 18.5 Å². The highest BCUT2D eigenvalue weighted by atomic mass is 16.1. The molecule has 0 aromatic rings. The van der Waals surface area contributed by atoms with Gasteiger partial charge in [0.15, 0.2) is 0 Å². The van der Waals surface area contributed by atoms with Crippen molar-refractivity contribution >= 4 is 5.91 Å². The fraction of sp³-hybridized carbons (Fsp3) is 0.917. The van der Waals surface area contributed by atoms with Gasteiger partial charge in [-0.2, -0.15) is 0 Å². The molecule has 0 aliphatic carbocycles. The molecule has 1 amide bonds. The Morgan fingerprint density at radius 2 is 2.07 bits per heavy atom. The number of carbonyl (C=O) groups excluding carboxylic acids is 1. The Morgan fingerprint density at radius 1 is 1.40 bits per heavy atom. The number of carbonyl (C=O) groups is 1. The lowest BCUT2D eigenvalue weighted by Gasteiger charge is -2.17. The van der Waals surface area contributed by atoms with Gasteiger partial charge in [0.2, 0.25) is 5.91 Å². The molecule has 90 valence electrons. The van der Waals surface area contributed by atoms with E-state index in [9.17, 15) is 4.79 Å². The van der Waals surface area contributed by atoms with Gasteiger partial charge in [-0.1, -0.05) is 40.0 Å². The third-order valence-electron chi connectivity index (χ3n) is 2.79. The lowest BCUT2D eigenvalue weighted by molar-refractivity contribution is -0.122. The topological polar surface area (TPSA) is 55.1 Å². The summed E-state index contributed by atoms with van der Waals surface area (Å²) >= 11 is 0. The second-order valence-electron chi connectivity index (χ2n) is 4.36. The predicted octanol–water partition coefficient (Wildman–Crippen LogP) is 2.06. The van der Waals surface area contributed by atoms with E-state index in [1.54, 1.807) is 0 Å². The number of nitrogens with two attached hydrogens (primary N) is 1. The van der Waals surface area contributed by atoms with Crippen molar-refractivity contribution in [3.63, 3.8) is 0 Å². The van der Waals surface area contributed by atoms with E-state index >= 15 is 0 Å². The van der Waals surface area contributed by atoms with Crippen molar-refractivity contribution < 1.29 is 4.79 Å². The second-order valence-corrected chi connectivity index (χ2v) is 4.36. The number of rotatable bonds is 8. The number of hydrogen-bond acceptors (Lipinski definition) is 2. The zero-order valence-corrected chi connectivity index (χ0v) is 10.4. The van der Waals surface area contributed by atoms with Crippen molar-refractivity contribution in [1.82, 2.24) is 5.32 Å². The molecule has 3 N–H and O–H groups in total. The van der Waals surface area contributed by atoms with E-state index in [1.165, 1.54) is 0 Å². The van der Waals surface area contributed by atoms with Crippen LogP contribution in [0.5, 0.6) is 0 Å². The summed E-state index contributed by atoms with van der Waals surface area (Å²) in [5, 5.41) is 3.00. The third kappa shape index (κ3) is 7.37. The fourth-order valence-corrected chi connectivity index (χ4v) is 1.45. The van der Waals surface area contributed by atoms with E-state index in [0.717, 1.165) is 25.7 Å². The number of amides is 1. The van der Waals surface area contributed by atoms with Crippen LogP contribution in [0.4, 0.5) is 0 Å². The summed E-state index contributed by atoms with van der Waals surface area (Å²) in [6.07, 6.45) is 4.96. The van der Waals surface area contributed by atoms with Gasteiger partial charge in [-0.3, -0.25) is 4.79 Å². The Morgan fingerprint density at radius 3 is 2.53 bits per heavy atom. The molecule has 0 rings (SSSR count). The molecule has 15 heavy (non-hydrogen) atoms. The Bertz CT molecular complexity index is 171. The van der Waals surface area contributed by atoms with Gasteiger partial charge in [0, 0.05) is 19.0 Å². The van der Waals surface area contributed by atoms with E-state index in [1.807, 2.05) is 0 Å². The molecular weight excluding hydrogens is 188 g/mol. The summed E-state index contributed by atoms with van der Waals surface area (Å²) in [6.45, 7) is 6.90. The molecule has 0 aliphatic heterocycles. The first-order valence-corrected chi connectivity index (χ1v) is 6.13. The normalized spacial score (nSPS) is 14.7. The average Bonchev–Trinajstić information content (AvgIpc) is 2.23. The van der Waals surface area contributed by atoms with Crippen LogP contribution in [0.25, 0.3) is 0 Å². The molecular formula is C12H26N2O. The predicted molar refractivity (Wildman–Crippen MR) is 64.6 cm³/mol. The van der Waals surface area contributed by atoms with Crippen molar-refractivity contribution in [2.45, 2.75) is 58.9 Å². The van der Waals surface area contributed by atoms with Crippen LogP contribution in [0.15, 0.2) is 0 Å². The van der Waals surface area contributed by atoms with E-state index in [2.05, 4.69) is 26.1 Å². The minimum Gasteiger partial charge on any atom is -0.352 e. The van der Waals surface area contributed by atoms with Crippen LogP contribution >= 0.6 is 0 Å². The van der Waals surface area contributed by atoms with Crippen LogP contribution < -0.4 is 11.1 Å². The molecule has 0 saturated carbocycles. The highest BCUT2D eigenvalue weighted by Gasteiger charge is 2.12. The maximum atomic E-state index is 11.6. The van der Waals surface area contributed by atoms with Crippen LogP contribution in [0.3, 0.4) is 0 Å². The summed E-state index contributed by atoms with van der Waals surface area (Å²) in [6, 6.07) is 0.168. The molecule has 0 bridgehead atoms. The van der Waals surface area contributed by atoms with E-state index in [0.29, 0.717) is 18.9 Å². The number of unbranched alkanes of at least 4 members (excludes halogenated alkanes) is 1. The standard InChI is InChI=1S/C12H26N2O/c1-4-6-7-11(9-13)14-12(15)8-10(3)5-2/h10-11H,4-9,13H2,1-3H3,(H,14,15). The third-order valence-corrected chi connectivity index (χ3v) is 2.79. The maximum absolute atomic E-state index is 11.6. The molecule has 0 fully saturated rings. The largest absolute Gasteiger partial charge is 0.352 e. The highest BCUT2D eigenvalue weighted by Crippen LogP contribution is 2.07. The quantitative estimate of drug-likeness (QED) is 0.650. The van der Waals surface area contributed by atoms with Crippen molar-refractivity contribution in [2.24, 2.45) is 11.7 Å². The summed E-state index contributed by atoms with van der Waals surface area (Å²) in [5.41, 5.74) is 5.61. The van der Waals surface area contributed by atoms with Crippen molar-refractivity contribution in [3.8, 4) is 0 Å². The van der Waals surface area contributed by atoms with Crippen LogP contribution in [-0.2, 0) is 4.79 Å². The summed E-state index contributed by atoms with van der Waals surface area (Å²) in [5.74, 6) is 0.616. The maximum Gasteiger partial charge on any atom is 0.220 e. The number of nitrogens with one attached hydrogen (secondary N) is 1. The van der Waals surface area contributed by atoms with Gasteiger partial charge in [-0.15, -0.1) is 0 Å². The van der Waals surface area contributed by atoms with Crippen LogP contribution in [0.2, 0.25) is 0 Å².